The third-order valence-corrected chi connectivity index (χ3v) is 4.09. The Hall–Kier alpha value is -2.72. The first-order chi connectivity index (χ1) is 11.4. The highest BCUT2D eigenvalue weighted by Crippen LogP contribution is 2.34. The van der Waals surface area contributed by atoms with Crippen LogP contribution in [0.3, 0.4) is 0 Å². The molecule has 1 aliphatic heterocycles. The Balaban J connectivity index is 1.79. The van der Waals surface area contributed by atoms with E-state index in [1.807, 2.05) is 18.3 Å². The standard InChI is InChI=1S/C19H17N3O/c1-23-12-17(14-7-4-10-20-11-14)22-19-15-8-2-5-13-6-3-9-16(21-19)18(13)15/h2-11,17H,12H2,1H3,(H,21,22). The van der Waals surface area contributed by atoms with Crippen molar-refractivity contribution in [3.8, 4) is 0 Å². The predicted octanol–water partition coefficient (Wildman–Crippen LogP) is 3.79. The molecule has 1 N–H and O–H groups in total. The molecule has 1 aliphatic rings. The number of pyridine rings is 1. The van der Waals surface area contributed by atoms with Crippen LogP contribution in [0.5, 0.6) is 0 Å². The number of rotatable bonds is 4. The first-order valence-electron chi connectivity index (χ1n) is 7.62. The van der Waals surface area contributed by atoms with E-state index in [9.17, 15) is 0 Å². The fraction of sp³-hybridized carbons (Fsp3) is 0.158. The van der Waals surface area contributed by atoms with Gasteiger partial charge in [-0.2, -0.15) is 0 Å². The van der Waals surface area contributed by atoms with Crippen LogP contribution in [0.2, 0.25) is 0 Å². The lowest BCUT2D eigenvalue weighted by Gasteiger charge is -2.13. The van der Waals surface area contributed by atoms with E-state index in [4.69, 9.17) is 9.73 Å². The molecule has 4 nitrogen and oxygen atoms in total. The van der Waals surface area contributed by atoms with Gasteiger partial charge in [0.15, 0.2) is 0 Å². The third-order valence-electron chi connectivity index (χ3n) is 4.09. The molecule has 0 aliphatic carbocycles. The van der Waals surface area contributed by atoms with Crippen LogP contribution in [0, 0.1) is 0 Å². The molecule has 0 spiro atoms. The van der Waals surface area contributed by atoms with E-state index >= 15 is 0 Å². The van der Waals surface area contributed by atoms with Crippen LogP contribution < -0.4 is 5.32 Å². The maximum atomic E-state index is 5.36. The molecular weight excluding hydrogens is 286 g/mol. The van der Waals surface area contributed by atoms with Crippen LogP contribution in [0.4, 0.5) is 5.69 Å². The summed E-state index contributed by atoms with van der Waals surface area (Å²) < 4.78 is 5.36. The first-order valence-corrected chi connectivity index (χ1v) is 7.62. The van der Waals surface area contributed by atoms with Crippen LogP contribution in [0.1, 0.15) is 17.2 Å². The highest BCUT2D eigenvalue weighted by Gasteiger charge is 2.21. The van der Waals surface area contributed by atoms with E-state index in [1.54, 1.807) is 13.3 Å². The highest BCUT2D eigenvalue weighted by atomic mass is 16.5. The number of nitrogens with one attached hydrogen (secondary N) is 1. The van der Waals surface area contributed by atoms with Crippen molar-refractivity contribution in [1.82, 2.24) is 4.98 Å². The summed E-state index contributed by atoms with van der Waals surface area (Å²) in [6, 6.07) is 16.5. The number of ether oxygens (including phenoxy) is 1. The van der Waals surface area contributed by atoms with Crippen LogP contribution in [0.25, 0.3) is 10.8 Å². The third kappa shape index (κ3) is 2.47. The molecule has 2 aromatic carbocycles. The van der Waals surface area contributed by atoms with E-state index < -0.39 is 0 Å². The average molecular weight is 303 g/mol. The highest BCUT2D eigenvalue weighted by molar-refractivity contribution is 6.26. The smallest absolute Gasteiger partial charge is 0.134 e. The van der Waals surface area contributed by atoms with Gasteiger partial charge >= 0.3 is 0 Å². The Kier molecular flexibility index (Phi) is 3.52. The number of methoxy groups -OCH3 is 1. The van der Waals surface area contributed by atoms with Crippen LogP contribution >= 0.6 is 0 Å². The molecule has 0 fully saturated rings. The second-order valence-electron chi connectivity index (χ2n) is 5.57. The first kappa shape index (κ1) is 13.9. The number of hydrogen-bond donors (Lipinski definition) is 1. The minimum absolute atomic E-state index is 0.0826. The van der Waals surface area contributed by atoms with Gasteiger partial charge in [-0.15, -0.1) is 0 Å². The number of aliphatic imine (C=N–C) groups is 1. The molecule has 0 saturated heterocycles. The SMILES string of the molecule is COCC(N=C1Nc2cccc3cccc1c23)c1cccnc1. The van der Waals surface area contributed by atoms with E-state index in [0.717, 1.165) is 22.6 Å². The Bertz CT molecular complexity index is 869. The van der Waals surface area contributed by atoms with Gasteiger partial charge < -0.3 is 10.1 Å². The molecule has 4 rings (SSSR count). The summed E-state index contributed by atoms with van der Waals surface area (Å²) in [5, 5.41) is 5.90. The van der Waals surface area contributed by atoms with Gasteiger partial charge in [-0.3, -0.25) is 9.98 Å². The van der Waals surface area contributed by atoms with Gasteiger partial charge in [-0.25, -0.2) is 0 Å². The maximum Gasteiger partial charge on any atom is 0.134 e. The summed E-state index contributed by atoms with van der Waals surface area (Å²) in [7, 11) is 1.70. The monoisotopic (exact) mass is 303 g/mol. The number of nitrogens with zero attached hydrogens (tertiary/aromatic N) is 2. The van der Waals surface area contributed by atoms with Gasteiger partial charge in [0.1, 0.15) is 11.9 Å². The quantitative estimate of drug-likeness (QED) is 0.797. The van der Waals surface area contributed by atoms with Crippen molar-refractivity contribution < 1.29 is 4.74 Å². The normalized spacial score (nSPS) is 15.8. The molecule has 114 valence electrons. The molecular formula is C19H17N3O. The second-order valence-corrected chi connectivity index (χ2v) is 5.57. The summed E-state index contributed by atoms with van der Waals surface area (Å²) in [6.45, 7) is 0.517. The second kappa shape index (κ2) is 5.82. The van der Waals surface area contributed by atoms with Crippen molar-refractivity contribution >= 4 is 22.3 Å². The van der Waals surface area contributed by atoms with Gasteiger partial charge in [0.25, 0.3) is 0 Å². The van der Waals surface area contributed by atoms with Gasteiger partial charge in [0.2, 0.25) is 0 Å². The molecule has 1 atom stereocenters. The fourth-order valence-electron chi connectivity index (χ4n) is 3.03. The van der Waals surface area contributed by atoms with Crippen LogP contribution in [0.15, 0.2) is 65.9 Å². The minimum atomic E-state index is -0.0826. The Morgan fingerprint density at radius 1 is 1.13 bits per heavy atom. The lowest BCUT2D eigenvalue weighted by atomic mass is 10.1. The van der Waals surface area contributed by atoms with Crippen molar-refractivity contribution in [3.63, 3.8) is 0 Å². The number of amidine groups is 1. The molecule has 0 amide bonds. The van der Waals surface area contributed by atoms with E-state index in [-0.39, 0.29) is 6.04 Å². The van der Waals surface area contributed by atoms with E-state index in [0.29, 0.717) is 6.61 Å². The lowest BCUT2D eigenvalue weighted by Crippen LogP contribution is -2.13. The summed E-state index contributed by atoms with van der Waals surface area (Å²) >= 11 is 0. The van der Waals surface area contributed by atoms with E-state index in [2.05, 4.69) is 46.7 Å². The topological polar surface area (TPSA) is 46.5 Å². The molecule has 0 bridgehead atoms. The fourth-order valence-corrected chi connectivity index (χ4v) is 3.03. The van der Waals surface area contributed by atoms with Crippen LogP contribution in [-0.4, -0.2) is 24.5 Å². The zero-order valence-electron chi connectivity index (χ0n) is 12.9. The van der Waals surface area contributed by atoms with Crippen molar-refractivity contribution in [1.29, 1.82) is 0 Å². The average Bonchev–Trinajstić information content (AvgIpc) is 2.95. The summed E-state index contributed by atoms with van der Waals surface area (Å²) in [5.41, 5.74) is 3.30. The molecule has 0 saturated carbocycles. The Labute approximate surface area is 134 Å². The number of aromatic nitrogens is 1. The van der Waals surface area contributed by atoms with Crippen molar-refractivity contribution in [2.24, 2.45) is 4.99 Å². The molecule has 2 heterocycles. The molecule has 3 aromatic rings. The summed E-state index contributed by atoms with van der Waals surface area (Å²) in [6.07, 6.45) is 3.61. The van der Waals surface area contributed by atoms with Gasteiger partial charge in [0, 0.05) is 36.1 Å². The van der Waals surface area contributed by atoms with Crippen LogP contribution in [-0.2, 0) is 4.74 Å². The predicted molar refractivity (Wildman–Crippen MR) is 93.0 cm³/mol. The zero-order valence-corrected chi connectivity index (χ0v) is 12.9. The maximum absolute atomic E-state index is 5.36. The molecule has 1 unspecified atom stereocenters. The number of hydrogen-bond acceptors (Lipinski definition) is 3. The van der Waals surface area contributed by atoms with Gasteiger partial charge in [-0.05, 0) is 23.1 Å². The zero-order chi connectivity index (χ0) is 15.6. The van der Waals surface area contributed by atoms with Gasteiger partial charge in [0.05, 0.1) is 6.61 Å². The molecule has 0 radical (unpaired) electrons. The van der Waals surface area contributed by atoms with Crippen molar-refractivity contribution in [2.45, 2.75) is 6.04 Å². The molecule has 1 aromatic heterocycles. The molecule has 23 heavy (non-hydrogen) atoms. The number of anilines is 1. The lowest BCUT2D eigenvalue weighted by molar-refractivity contribution is 0.181. The molecule has 4 heteroatoms. The van der Waals surface area contributed by atoms with Crippen molar-refractivity contribution in [2.75, 3.05) is 19.0 Å². The van der Waals surface area contributed by atoms with E-state index in [1.165, 1.54) is 10.8 Å². The Morgan fingerprint density at radius 3 is 2.78 bits per heavy atom. The summed E-state index contributed by atoms with van der Waals surface area (Å²) in [5.74, 6) is 0.891. The van der Waals surface area contributed by atoms with Gasteiger partial charge in [-0.1, -0.05) is 36.4 Å². The number of benzene rings is 2. The minimum Gasteiger partial charge on any atom is -0.382 e. The van der Waals surface area contributed by atoms with Crippen molar-refractivity contribution in [3.05, 3.63) is 72.1 Å². The summed E-state index contributed by atoms with van der Waals surface area (Å²) in [4.78, 5) is 9.11. The Morgan fingerprint density at radius 2 is 2.00 bits per heavy atom. The largest absolute Gasteiger partial charge is 0.382 e.